The molecule has 0 radical (unpaired) electrons. The molecule has 0 spiro atoms. The normalized spacial score (nSPS) is 20.7. The largest absolute Gasteiger partial charge is 0.477 e. The van der Waals surface area contributed by atoms with Crippen LogP contribution in [0.25, 0.3) is 0 Å². The summed E-state index contributed by atoms with van der Waals surface area (Å²) in [6, 6.07) is 0.810. The highest BCUT2D eigenvalue weighted by atomic mass is 32.2. The molecule has 2 aliphatic rings. The van der Waals surface area contributed by atoms with Crippen LogP contribution < -0.4 is 5.32 Å². The lowest BCUT2D eigenvalue weighted by molar-refractivity contribution is -0.148. The van der Waals surface area contributed by atoms with Gasteiger partial charge in [-0.05, 0) is 25.5 Å². The van der Waals surface area contributed by atoms with Gasteiger partial charge in [-0.1, -0.05) is 23.1 Å². The number of carboxylic acids is 1. The summed E-state index contributed by atoms with van der Waals surface area (Å²) >= 11 is 4.28. The molecule has 158 valence electrons. The summed E-state index contributed by atoms with van der Waals surface area (Å²) < 4.78 is 2.37. The van der Waals surface area contributed by atoms with Gasteiger partial charge in [0.1, 0.15) is 27.8 Å². The van der Waals surface area contributed by atoms with Gasteiger partial charge < -0.3 is 10.4 Å². The summed E-state index contributed by atoms with van der Waals surface area (Å²) in [5, 5.41) is 24.9. The van der Waals surface area contributed by atoms with Gasteiger partial charge in [-0.2, -0.15) is 5.10 Å². The number of aryl methyl sites for hydroxylation is 2. The summed E-state index contributed by atoms with van der Waals surface area (Å²) in [6.07, 6.45) is 1.69. The number of amides is 2. The van der Waals surface area contributed by atoms with E-state index in [-0.39, 0.29) is 11.4 Å². The number of nitrogens with one attached hydrogen (secondary N) is 1. The number of carbonyl (C=O) groups excluding carboxylic acids is 2. The molecule has 2 N–H and O–H groups in total. The van der Waals surface area contributed by atoms with Crippen molar-refractivity contribution in [2.45, 2.75) is 36.1 Å². The third-order valence-corrected chi connectivity index (χ3v) is 8.01. The smallest absolute Gasteiger partial charge is 0.352 e. The van der Waals surface area contributed by atoms with Crippen molar-refractivity contribution in [3.63, 3.8) is 0 Å². The summed E-state index contributed by atoms with van der Waals surface area (Å²) in [4.78, 5) is 38.3. The van der Waals surface area contributed by atoms with E-state index in [9.17, 15) is 19.5 Å². The Bertz CT molecular complexity index is 1050. The Balaban J connectivity index is 1.47. The summed E-state index contributed by atoms with van der Waals surface area (Å²) in [6.45, 7) is 4.39. The van der Waals surface area contributed by atoms with E-state index in [1.54, 1.807) is 16.9 Å². The molecule has 1 fully saturated rings. The quantitative estimate of drug-likeness (QED) is 0.457. The number of aromatic nitrogens is 4. The highest BCUT2D eigenvalue weighted by Crippen LogP contribution is 2.41. The van der Waals surface area contributed by atoms with Crippen LogP contribution >= 0.6 is 34.9 Å². The van der Waals surface area contributed by atoms with Crippen molar-refractivity contribution in [3.8, 4) is 0 Å². The number of thioether (sulfide) groups is 2. The van der Waals surface area contributed by atoms with E-state index in [2.05, 4.69) is 20.6 Å². The molecule has 0 bridgehead atoms. The number of fused-ring (bicyclic) bond motifs is 1. The van der Waals surface area contributed by atoms with Crippen molar-refractivity contribution in [2.75, 3.05) is 11.5 Å². The predicted octanol–water partition coefficient (Wildman–Crippen LogP) is 1.21. The average molecular weight is 467 g/mol. The fourth-order valence-corrected chi connectivity index (χ4v) is 6.45. The van der Waals surface area contributed by atoms with Crippen molar-refractivity contribution in [1.82, 2.24) is 30.2 Å². The fourth-order valence-electron chi connectivity index (χ4n) is 3.15. The van der Waals surface area contributed by atoms with E-state index in [0.717, 1.165) is 9.35 Å². The zero-order chi connectivity index (χ0) is 21.4. The highest BCUT2D eigenvalue weighted by molar-refractivity contribution is 8.01. The summed E-state index contributed by atoms with van der Waals surface area (Å²) in [7, 11) is 0. The molecular formula is C17H18N6O4S3. The van der Waals surface area contributed by atoms with E-state index >= 15 is 0 Å². The van der Waals surface area contributed by atoms with Gasteiger partial charge in [0, 0.05) is 24.2 Å². The third kappa shape index (κ3) is 3.84. The van der Waals surface area contributed by atoms with Gasteiger partial charge in [0.2, 0.25) is 0 Å². The minimum absolute atomic E-state index is 0.00162. The Hall–Kier alpha value is -2.38. The first kappa shape index (κ1) is 20.9. The monoisotopic (exact) mass is 466 g/mol. The van der Waals surface area contributed by atoms with E-state index < -0.39 is 29.2 Å². The number of aliphatic carboxylic acids is 1. The van der Waals surface area contributed by atoms with Gasteiger partial charge in [-0.3, -0.25) is 19.2 Å². The van der Waals surface area contributed by atoms with Gasteiger partial charge in [0.15, 0.2) is 4.34 Å². The average Bonchev–Trinajstić information content (AvgIpc) is 3.38. The third-order valence-electron chi connectivity index (χ3n) is 4.61. The van der Waals surface area contributed by atoms with Crippen molar-refractivity contribution in [1.29, 1.82) is 0 Å². The molecule has 1 saturated heterocycles. The van der Waals surface area contributed by atoms with Crippen molar-refractivity contribution in [3.05, 3.63) is 34.2 Å². The zero-order valence-corrected chi connectivity index (χ0v) is 18.5. The first-order chi connectivity index (χ1) is 14.4. The first-order valence-electron chi connectivity index (χ1n) is 9.06. The standard InChI is InChI=1S/C17H18N6O4S3/c1-3-22-5-4-10(21-22)13(24)18-11-14(25)23-12(16(26)27)9(6-28-15(11)23)7-29-17-20-19-8(2)30-17/h4-5,11,15H,3,6-7H2,1-2H3,(H,18,24)(H,26,27)/t11-,15-/m1/s1. The number of β-lactam (4-membered cyclic amide) rings is 1. The second kappa shape index (κ2) is 8.40. The molecule has 4 heterocycles. The number of carbonyl (C=O) groups is 3. The predicted molar refractivity (Wildman–Crippen MR) is 112 cm³/mol. The number of rotatable bonds is 7. The summed E-state index contributed by atoms with van der Waals surface area (Å²) in [5.74, 6) is -1.16. The van der Waals surface area contributed by atoms with Gasteiger partial charge in [0.05, 0.1) is 0 Å². The molecule has 0 unspecified atom stereocenters. The minimum atomic E-state index is -1.15. The zero-order valence-electron chi connectivity index (χ0n) is 16.1. The van der Waals surface area contributed by atoms with Gasteiger partial charge in [-0.15, -0.1) is 22.0 Å². The molecule has 10 nitrogen and oxygen atoms in total. The lowest BCUT2D eigenvalue weighted by Gasteiger charge is -2.49. The molecule has 4 rings (SSSR count). The van der Waals surface area contributed by atoms with Crippen LogP contribution in [-0.2, 0) is 16.1 Å². The van der Waals surface area contributed by atoms with Gasteiger partial charge in [0.25, 0.3) is 11.8 Å². The van der Waals surface area contributed by atoms with Crippen LogP contribution in [-0.4, -0.2) is 70.7 Å². The maximum absolute atomic E-state index is 12.7. The fraction of sp³-hybridized carbons (Fsp3) is 0.412. The van der Waals surface area contributed by atoms with Crippen LogP contribution in [0.15, 0.2) is 27.9 Å². The maximum atomic E-state index is 12.7. The number of hydrogen-bond acceptors (Lipinski definition) is 9. The van der Waals surface area contributed by atoms with E-state index in [1.165, 1.54) is 39.8 Å². The molecule has 30 heavy (non-hydrogen) atoms. The van der Waals surface area contributed by atoms with Crippen molar-refractivity contribution in [2.24, 2.45) is 0 Å². The van der Waals surface area contributed by atoms with Gasteiger partial charge in [-0.25, -0.2) is 4.79 Å². The number of nitrogens with zero attached hydrogens (tertiary/aromatic N) is 5. The molecule has 2 aliphatic heterocycles. The van der Waals surface area contributed by atoms with Crippen LogP contribution in [0.1, 0.15) is 22.4 Å². The van der Waals surface area contributed by atoms with Crippen LogP contribution in [0.3, 0.4) is 0 Å². The minimum Gasteiger partial charge on any atom is -0.477 e. The molecule has 0 aromatic carbocycles. The molecule has 2 aromatic heterocycles. The van der Waals surface area contributed by atoms with Crippen LogP contribution in [0.2, 0.25) is 0 Å². The Morgan fingerprint density at radius 3 is 2.83 bits per heavy atom. The van der Waals surface area contributed by atoms with Gasteiger partial charge >= 0.3 is 5.97 Å². The second-order valence-corrected chi connectivity index (χ2v) is 10.1. The lowest BCUT2D eigenvalue weighted by atomic mass is 10.0. The van der Waals surface area contributed by atoms with Crippen molar-refractivity contribution >= 4 is 52.6 Å². The molecule has 13 heteroatoms. The lowest BCUT2D eigenvalue weighted by Crippen LogP contribution is -2.70. The van der Waals surface area contributed by atoms with E-state index in [4.69, 9.17) is 0 Å². The number of hydrogen-bond donors (Lipinski definition) is 2. The highest BCUT2D eigenvalue weighted by Gasteiger charge is 2.54. The molecule has 2 aromatic rings. The SMILES string of the molecule is CCn1ccc(C(=O)N[C@@H]2C(=O)N3C(C(=O)O)=C(CSc4nnc(C)s4)CS[C@H]23)n1. The Labute approximate surface area is 184 Å². The molecule has 0 saturated carbocycles. The first-order valence-corrected chi connectivity index (χ1v) is 11.9. The van der Waals surface area contributed by atoms with E-state index in [1.807, 2.05) is 13.8 Å². The maximum Gasteiger partial charge on any atom is 0.352 e. The van der Waals surface area contributed by atoms with Crippen molar-refractivity contribution < 1.29 is 19.5 Å². The molecule has 2 amide bonds. The number of carboxylic acid groups (broad SMARTS) is 1. The Kier molecular flexibility index (Phi) is 5.84. The molecular weight excluding hydrogens is 448 g/mol. The van der Waals surface area contributed by atoms with Crippen LogP contribution in [0.4, 0.5) is 0 Å². The molecule has 0 aliphatic carbocycles. The summed E-state index contributed by atoms with van der Waals surface area (Å²) in [5.41, 5.74) is 0.877. The van der Waals surface area contributed by atoms with Crippen LogP contribution in [0, 0.1) is 6.92 Å². The van der Waals surface area contributed by atoms with E-state index in [0.29, 0.717) is 23.6 Å². The topological polar surface area (TPSA) is 130 Å². The Morgan fingerprint density at radius 1 is 1.40 bits per heavy atom. The molecule has 2 atom stereocenters. The Morgan fingerprint density at radius 2 is 2.20 bits per heavy atom. The second-order valence-electron chi connectivity index (χ2n) is 6.55. The van der Waals surface area contributed by atoms with Crippen LogP contribution in [0.5, 0.6) is 0 Å².